The highest BCUT2D eigenvalue weighted by atomic mass is 16.5. The fourth-order valence-corrected chi connectivity index (χ4v) is 3.73. The van der Waals surface area contributed by atoms with Gasteiger partial charge in [-0.15, -0.1) is 5.92 Å². The minimum atomic E-state index is -0.970. The van der Waals surface area contributed by atoms with Crippen LogP contribution in [0.1, 0.15) is 25.0 Å². The Morgan fingerprint density at radius 2 is 1.68 bits per heavy atom. The van der Waals surface area contributed by atoms with Gasteiger partial charge >= 0.3 is 5.97 Å². The van der Waals surface area contributed by atoms with Crippen molar-refractivity contribution in [3.05, 3.63) is 77.9 Å². The molecule has 1 aliphatic heterocycles. The molecule has 1 aliphatic rings. The quantitative estimate of drug-likeness (QED) is 0.413. The normalized spacial score (nSPS) is 12.6. The lowest BCUT2D eigenvalue weighted by molar-refractivity contribution is -0.149. The molecule has 0 amide bonds. The highest BCUT2D eigenvalue weighted by Crippen LogP contribution is 2.50. The van der Waals surface area contributed by atoms with Crippen LogP contribution in [0.4, 0.5) is 17.1 Å². The summed E-state index contributed by atoms with van der Waals surface area (Å²) in [4.78, 5) is 13.7. The Bertz CT molecular complexity index is 1130. The summed E-state index contributed by atoms with van der Waals surface area (Å²) in [6.07, 6.45) is -0.630. The second kappa shape index (κ2) is 8.95. The predicted octanol–water partition coefficient (Wildman–Crippen LogP) is 5.67. The minimum absolute atomic E-state index is 0.268. The van der Waals surface area contributed by atoms with Crippen LogP contribution >= 0.6 is 0 Å². The van der Waals surface area contributed by atoms with E-state index in [-0.39, 0.29) is 6.42 Å². The van der Waals surface area contributed by atoms with Crippen molar-refractivity contribution in [3.8, 4) is 23.3 Å². The van der Waals surface area contributed by atoms with Crippen LogP contribution in [0.25, 0.3) is 0 Å². The molecule has 5 nitrogen and oxygen atoms in total. The van der Waals surface area contributed by atoms with Gasteiger partial charge in [0.15, 0.2) is 17.6 Å². The van der Waals surface area contributed by atoms with Crippen LogP contribution in [0.15, 0.2) is 66.7 Å². The van der Waals surface area contributed by atoms with E-state index in [0.717, 1.165) is 39.7 Å². The van der Waals surface area contributed by atoms with E-state index >= 15 is 0 Å². The van der Waals surface area contributed by atoms with Gasteiger partial charge in [0.05, 0.1) is 17.1 Å². The van der Waals surface area contributed by atoms with Crippen molar-refractivity contribution in [3.63, 3.8) is 0 Å². The number of para-hydroxylation sites is 4. The Hall–Kier alpha value is -3.75. The largest absolute Gasteiger partial charge is 0.479 e. The molecule has 0 spiro atoms. The number of aliphatic carboxylic acids is 1. The highest BCUT2D eigenvalue weighted by Gasteiger charge is 2.27. The average molecular weight is 413 g/mol. The monoisotopic (exact) mass is 413 g/mol. The summed E-state index contributed by atoms with van der Waals surface area (Å²) in [6, 6.07) is 21.5. The standard InChI is InChI=1S/C26H23NO4/c1-3-9-19-15-14-18(17-25(26(28)29)30-4-2)16-22(19)27-20-10-5-7-12-23(20)31-24-13-8-6-11-21(24)27/h5-8,10-16,25H,4,17H2,1-2H3,(H,28,29). The number of ether oxygens (including phenoxy) is 2. The number of hydrogen-bond donors (Lipinski definition) is 1. The van der Waals surface area contributed by atoms with Crippen LogP contribution in [-0.4, -0.2) is 23.8 Å². The van der Waals surface area contributed by atoms with Crippen molar-refractivity contribution in [2.75, 3.05) is 11.5 Å². The zero-order valence-electron chi connectivity index (χ0n) is 17.5. The lowest BCUT2D eigenvalue weighted by Gasteiger charge is -2.33. The van der Waals surface area contributed by atoms with Gasteiger partial charge in [-0.2, -0.15) is 0 Å². The summed E-state index contributed by atoms with van der Waals surface area (Å²) in [7, 11) is 0. The molecule has 0 saturated carbocycles. The number of anilines is 3. The molecule has 0 aromatic heterocycles. The number of carboxylic acid groups (broad SMARTS) is 1. The third-order valence-corrected chi connectivity index (χ3v) is 5.06. The van der Waals surface area contributed by atoms with Crippen molar-refractivity contribution in [1.29, 1.82) is 0 Å². The van der Waals surface area contributed by atoms with Crippen LogP contribution in [0.2, 0.25) is 0 Å². The first-order valence-corrected chi connectivity index (χ1v) is 10.2. The molecule has 1 heterocycles. The molecule has 5 heteroatoms. The summed E-state index contributed by atoms with van der Waals surface area (Å²) < 4.78 is 11.5. The molecular formula is C26H23NO4. The topological polar surface area (TPSA) is 59.0 Å². The van der Waals surface area contributed by atoms with Crippen molar-refractivity contribution in [2.24, 2.45) is 0 Å². The van der Waals surface area contributed by atoms with E-state index in [1.54, 1.807) is 13.8 Å². The van der Waals surface area contributed by atoms with Gasteiger partial charge in [0.25, 0.3) is 0 Å². The number of fused-ring (bicyclic) bond motifs is 2. The third-order valence-electron chi connectivity index (χ3n) is 5.06. The van der Waals surface area contributed by atoms with E-state index in [1.807, 2.05) is 66.7 Å². The lowest BCUT2D eigenvalue weighted by atomic mass is 10.0. The lowest BCUT2D eigenvalue weighted by Crippen LogP contribution is -2.26. The van der Waals surface area contributed by atoms with E-state index in [2.05, 4.69) is 16.7 Å². The first-order valence-electron chi connectivity index (χ1n) is 10.2. The molecule has 1 atom stereocenters. The van der Waals surface area contributed by atoms with Gasteiger partial charge in [0.2, 0.25) is 0 Å². The molecule has 0 fully saturated rings. The van der Waals surface area contributed by atoms with Crippen LogP contribution in [0.3, 0.4) is 0 Å². The molecule has 0 aliphatic carbocycles. The first-order chi connectivity index (χ1) is 15.1. The zero-order chi connectivity index (χ0) is 21.8. The molecule has 156 valence electrons. The minimum Gasteiger partial charge on any atom is -0.479 e. The smallest absolute Gasteiger partial charge is 0.333 e. The van der Waals surface area contributed by atoms with Crippen molar-refractivity contribution in [2.45, 2.75) is 26.4 Å². The maximum Gasteiger partial charge on any atom is 0.333 e. The van der Waals surface area contributed by atoms with Gasteiger partial charge in [-0.1, -0.05) is 36.3 Å². The maximum atomic E-state index is 11.6. The zero-order valence-corrected chi connectivity index (χ0v) is 17.5. The summed E-state index contributed by atoms with van der Waals surface area (Å²) in [5, 5.41) is 9.51. The molecule has 0 saturated heterocycles. The Morgan fingerprint density at radius 1 is 1.03 bits per heavy atom. The van der Waals surface area contributed by atoms with Crippen molar-refractivity contribution in [1.82, 2.24) is 0 Å². The number of nitrogens with zero attached hydrogens (tertiary/aromatic N) is 1. The first kappa shape index (κ1) is 20.5. The Labute approximate surface area is 181 Å². The average Bonchev–Trinajstić information content (AvgIpc) is 2.78. The molecular weight excluding hydrogens is 390 g/mol. The Morgan fingerprint density at radius 3 is 2.26 bits per heavy atom. The highest BCUT2D eigenvalue weighted by molar-refractivity contribution is 5.88. The molecule has 0 radical (unpaired) electrons. The van der Waals surface area contributed by atoms with E-state index in [0.29, 0.717) is 6.61 Å². The van der Waals surface area contributed by atoms with E-state index < -0.39 is 12.1 Å². The van der Waals surface area contributed by atoms with E-state index in [9.17, 15) is 9.90 Å². The molecule has 3 aromatic carbocycles. The summed E-state index contributed by atoms with van der Waals surface area (Å²) in [5.41, 5.74) is 4.38. The van der Waals surface area contributed by atoms with Gasteiger partial charge in [0.1, 0.15) is 0 Å². The van der Waals surface area contributed by atoms with Crippen LogP contribution in [-0.2, 0) is 16.0 Å². The summed E-state index contributed by atoms with van der Waals surface area (Å²) >= 11 is 0. The van der Waals surface area contributed by atoms with Crippen LogP contribution in [0.5, 0.6) is 11.5 Å². The molecule has 31 heavy (non-hydrogen) atoms. The second-order valence-corrected chi connectivity index (χ2v) is 7.09. The molecule has 3 aromatic rings. The second-order valence-electron chi connectivity index (χ2n) is 7.09. The molecule has 1 unspecified atom stereocenters. The van der Waals surface area contributed by atoms with Crippen LogP contribution < -0.4 is 9.64 Å². The number of rotatable bonds is 6. The van der Waals surface area contributed by atoms with Gasteiger partial charge in [-0.25, -0.2) is 4.79 Å². The predicted molar refractivity (Wildman–Crippen MR) is 121 cm³/mol. The molecule has 0 bridgehead atoms. The summed E-state index contributed by atoms with van der Waals surface area (Å²) in [5.74, 6) is 6.70. The molecule has 4 rings (SSSR count). The number of carbonyl (C=O) groups is 1. The number of benzene rings is 3. The number of hydrogen-bond acceptors (Lipinski definition) is 4. The van der Waals surface area contributed by atoms with Crippen molar-refractivity contribution < 1.29 is 19.4 Å². The Kier molecular flexibility index (Phi) is 5.92. The van der Waals surface area contributed by atoms with Crippen molar-refractivity contribution >= 4 is 23.0 Å². The van der Waals surface area contributed by atoms with Gasteiger partial charge < -0.3 is 19.5 Å². The van der Waals surface area contributed by atoms with Gasteiger partial charge in [-0.05, 0) is 55.8 Å². The maximum absolute atomic E-state index is 11.6. The SMILES string of the molecule is CC#Cc1ccc(CC(OCC)C(=O)O)cc1N1c2ccccc2Oc2ccccc21. The van der Waals surface area contributed by atoms with E-state index in [4.69, 9.17) is 9.47 Å². The van der Waals surface area contributed by atoms with Crippen LogP contribution in [0, 0.1) is 11.8 Å². The third kappa shape index (κ3) is 4.11. The fourth-order valence-electron chi connectivity index (χ4n) is 3.73. The fraction of sp³-hybridized carbons (Fsp3) is 0.192. The molecule has 1 N–H and O–H groups in total. The van der Waals surface area contributed by atoms with Gasteiger partial charge in [0, 0.05) is 18.6 Å². The van der Waals surface area contributed by atoms with E-state index in [1.165, 1.54) is 0 Å². The Balaban J connectivity index is 1.87. The van der Waals surface area contributed by atoms with Gasteiger partial charge in [-0.3, -0.25) is 0 Å². The number of carboxylic acids is 1. The summed E-state index contributed by atoms with van der Waals surface area (Å²) in [6.45, 7) is 3.94.